The molecule has 1 atom stereocenters. The molecule has 1 unspecified atom stereocenters. The number of aromatic nitrogens is 2. The fourth-order valence-electron chi connectivity index (χ4n) is 1.85. The highest BCUT2D eigenvalue weighted by atomic mass is 32.2. The fourth-order valence-corrected chi connectivity index (χ4v) is 2.55. The summed E-state index contributed by atoms with van der Waals surface area (Å²) in [7, 11) is 1.64. The van der Waals surface area contributed by atoms with E-state index in [1.165, 1.54) is 17.3 Å². The van der Waals surface area contributed by atoms with Crippen molar-refractivity contribution in [2.75, 3.05) is 20.3 Å². The number of thioether (sulfide) groups is 1. The lowest BCUT2D eigenvalue weighted by Crippen LogP contribution is -2.32. The van der Waals surface area contributed by atoms with Crippen molar-refractivity contribution in [2.45, 2.75) is 30.7 Å². The molecule has 0 aliphatic heterocycles. The molecule has 0 aliphatic carbocycles. The number of nitrogens with one attached hydrogen (secondary N) is 1. The van der Waals surface area contributed by atoms with Gasteiger partial charge in [0.1, 0.15) is 0 Å². The van der Waals surface area contributed by atoms with Gasteiger partial charge in [0.15, 0.2) is 0 Å². The first-order chi connectivity index (χ1) is 11.1. The number of nitrogens with zero attached hydrogens (tertiary/aromatic N) is 2. The van der Waals surface area contributed by atoms with Crippen LogP contribution in [0.25, 0.3) is 11.5 Å². The van der Waals surface area contributed by atoms with Gasteiger partial charge in [-0.2, -0.15) is 0 Å². The summed E-state index contributed by atoms with van der Waals surface area (Å²) in [6, 6.07) is 7.84. The minimum absolute atomic E-state index is 0.0545. The molecule has 0 bridgehead atoms. The second-order valence-corrected chi connectivity index (χ2v) is 6.43. The third-order valence-corrected chi connectivity index (χ3v) is 4.11. The number of amides is 1. The molecule has 0 fully saturated rings. The quantitative estimate of drug-likeness (QED) is 0.590. The van der Waals surface area contributed by atoms with Gasteiger partial charge in [-0.15, -0.1) is 10.2 Å². The number of carbonyl (C=O) groups excluding carboxylic acids is 1. The van der Waals surface area contributed by atoms with E-state index in [2.05, 4.69) is 15.5 Å². The molecule has 1 amide bonds. The van der Waals surface area contributed by atoms with E-state index in [4.69, 9.17) is 9.15 Å². The number of ether oxygens (including phenoxy) is 1. The van der Waals surface area contributed by atoms with Crippen molar-refractivity contribution in [3.8, 4) is 11.5 Å². The molecular formula is C16H21N3O3S. The molecule has 1 aromatic heterocycles. The van der Waals surface area contributed by atoms with Crippen LogP contribution in [0.5, 0.6) is 0 Å². The molecule has 0 radical (unpaired) electrons. The van der Waals surface area contributed by atoms with E-state index in [9.17, 15) is 4.79 Å². The van der Waals surface area contributed by atoms with Crippen molar-refractivity contribution < 1.29 is 13.9 Å². The van der Waals surface area contributed by atoms with Crippen molar-refractivity contribution in [1.29, 1.82) is 0 Å². The van der Waals surface area contributed by atoms with Gasteiger partial charge in [-0.25, -0.2) is 0 Å². The third-order valence-electron chi connectivity index (χ3n) is 3.18. The van der Waals surface area contributed by atoms with Crippen LogP contribution in [0.15, 0.2) is 33.9 Å². The van der Waals surface area contributed by atoms with E-state index >= 15 is 0 Å². The van der Waals surface area contributed by atoms with Crippen LogP contribution in [0, 0.1) is 6.92 Å². The summed E-state index contributed by atoms with van der Waals surface area (Å²) >= 11 is 1.25. The molecule has 7 heteroatoms. The Hall–Kier alpha value is -1.86. The summed E-state index contributed by atoms with van der Waals surface area (Å²) in [5, 5.41) is 11.0. The molecule has 124 valence electrons. The molecule has 23 heavy (non-hydrogen) atoms. The van der Waals surface area contributed by atoms with Crippen LogP contribution in [-0.2, 0) is 9.53 Å². The molecular weight excluding hydrogens is 314 g/mol. The van der Waals surface area contributed by atoms with Crippen molar-refractivity contribution >= 4 is 17.7 Å². The van der Waals surface area contributed by atoms with Gasteiger partial charge < -0.3 is 14.5 Å². The van der Waals surface area contributed by atoms with E-state index in [0.717, 1.165) is 12.0 Å². The van der Waals surface area contributed by atoms with E-state index in [1.54, 1.807) is 7.11 Å². The average Bonchev–Trinajstić information content (AvgIpc) is 3.00. The summed E-state index contributed by atoms with van der Waals surface area (Å²) in [5.41, 5.74) is 2.04. The summed E-state index contributed by atoms with van der Waals surface area (Å²) < 4.78 is 10.6. The molecule has 2 aromatic rings. The zero-order valence-corrected chi connectivity index (χ0v) is 14.4. The first-order valence-corrected chi connectivity index (χ1v) is 8.32. The van der Waals surface area contributed by atoms with Crippen molar-refractivity contribution in [1.82, 2.24) is 15.5 Å². The van der Waals surface area contributed by atoms with Gasteiger partial charge in [0, 0.05) is 25.8 Å². The second kappa shape index (κ2) is 8.69. The zero-order valence-electron chi connectivity index (χ0n) is 13.5. The van der Waals surface area contributed by atoms with Crippen LogP contribution < -0.4 is 5.32 Å². The van der Waals surface area contributed by atoms with Gasteiger partial charge in [-0.3, -0.25) is 4.79 Å². The first-order valence-electron chi connectivity index (χ1n) is 7.44. The second-order valence-electron chi connectivity index (χ2n) is 5.14. The van der Waals surface area contributed by atoms with Crippen molar-refractivity contribution in [3.63, 3.8) is 0 Å². The molecule has 2 rings (SSSR count). The molecule has 0 saturated carbocycles. The van der Waals surface area contributed by atoms with Crippen LogP contribution in [0.4, 0.5) is 0 Å². The minimum atomic E-state index is -0.302. The minimum Gasteiger partial charge on any atom is -0.411 e. The molecule has 6 nitrogen and oxygen atoms in total. The molecule has 0 spiro atoms. The maximum atomic E-state index is 12.0. The highest BCUT2D eigenvalue weighted by Gasteiger charge is 2.18. The summed E-state index contributed by atoms with van der Waals surface area (Å²) in [6.45, 7) is 5.05. The largest absolute Gasteiger partial charge is 0.411 e. The number of hydrogen-bond donors (Lipinski definition) is 1. The van der Waals surface area contributed by atoms with Gasteiger partial charge in [0.25, 0.3) is 5.22 Å². The Morgan fingerprint density at radius 1 is 1.35 bits per heavy atom. The number of hydrogen-bond acceptors (Lipinski definition) is 6. The monoisotopic (exact) mass is 335 g/mol. The zero-order chi connectivity index (χ0) is 16.7. The number of carbonyl (C=O) groups is 1. The van der Waals surface area contributed by atoms with Crippen LogP contribution in [0.1, 0.15) is 18.9 Å². The van der Waals surface area contributed by atoms with Gasteiger partial charge >= 0.3 is 0 Å². The smallest absolute Gasteiger partial charge is 0.277 e. The maximum Gasteiger partial charge on any atom is 0.277 e. The van der Waals surface area contributed by atoms with E-state index < -0.39 is 0 Å². The van der Waals surface area contributed by atoms with Gasteiger partial charge in [0.2, 0.25) is 11.8 Å². The van der Waals surface area contributed by atoms with Gasteiger partial charge in [0.05, 0.1) is 5.25 Å². The molecule has 0 aliphatic rings. The standard InChI is InChI=1S/C16H21N3O3S/c1-11-5-7-13(8-6-11)15-18-19-16(22-15)23-12(2)14(20)17-9-4-10-21-3/h5-8,12H,4,9-10H2,1-3H3,(H,17,20). The topological polar surface area (TPSA) is 77.2 Å². The highest BCUT2D eigenvalue weighted by Crippen LogP contribution is 2.26. The predicted molar refractivity (Wildman–Crippen MR) is 89.3 cm³/mol. The van der Waals surface area contributed by atoms with Gasteiger partial charge in [-0.05, 0) is 32.4 Å². The first kappa shape index (κ1) is 17.5. The van der Waals surface area contributed by atoms with Crippen LogP contribution >= 0.6 is 11.8 Å². The Morgan fingerprint density at radius 2 is 2.09 bits per heavy atom. The van der Waals surface area contributed by atoms with Crippen molar-refractivity contribution in [2.24, 2.45) is 0 Å². The van der Waals surface area contributed by atoms with E-state index in [0.29, 0.717) is 24.3 Å². The highest BCUT2D eigenvalue weighted by molar-refractivity contribution is 8.00. The number of methoxy groups -OCH3 is 1. The normalized spacial score (nSPS) is 12.1. The third kappa shape index (κ3) is 5.37. The Morgan fingerprint density at radius 3 is 2.78 bits per heavy atom. The molecule has 1 heterocycles. The lowest BCUT2D eigenvalue weighted by Gasteiger charge is -2.09. The Bertz CT molecular complexity index is 628. The van der Waals surface area contributed by atoms with E-state index in [1.807, 2.05) is 38.1 Å². The molecule has 1 aromatic carbocycles. The number of benzene rings is 1. The summed E-state index contributed by atoms with van der Waals surface area (Å²) in [6.07, 6.45) is 0.789. The van der Waals surface area contributed by atoms with Crippen LogP contribution in [0.3, 0.4) is 0 Å². The molecule has 1 N–H and O–H groups in total. The SMILES string of the molecule is COCCCNC(=O)C(C)Sc1nnc(-c2ccc(C)cc2)o1. The summed E-state index contributed by atoms with van der Waals surface area (Å²) in [5.74, 6) is 0.404. The lowest BCUT2D eigenvalue weighted by molar-refractivity contribution is -0.120. The van der Waals surface area contributed by atoms with Crippen molar-refractivity contribution in [3.05, 3.63) is 29.8 Å². The lowest BCUT2D eigenvalue weighted by atomic mass is 10.1. The fraction of sp³-hybridized carbons (Fsp3) is 0.438. The number of rotatable bonds is 8. The predicted octanol–water partition coefficient (Wildman–Crippen LogP) is 2.68. The van der Waals surface area contributed by atoms with E-state index in [-0.39, 0.29) is 11.2 Å². The van der Waals surface area contributed by atoms with Gasteiger partial charge in [-0.1, -0.05) is 29.5 Å². The van der Waals surface area contributed by atoms with Crippen LogP contribution in [0.2, 0.25) is 0 Å². The number of aryl methyl sites for hydroxylation is 1. The Balaban J connectivity index is 1.88. The van der Waals surface area contributed by atoms with Crippen LogP contribution in [-0.4, -0.2) is 41.6 Å². The maximum absolute atomic E-state index is 12.0. The average molecular weight is 335 g/mol. The Kier molecular flexibility index (Phi) is 6.61. The Labute approximate surface area is 140 Å². The molecule has 0 saturated heterocycles. The summed E-state index contributed by atoms with van der Waals surface area (Å²) in [4.78, 5) is 12.0.